The first kappa shape index (κ1) is 17.0. The van der Waals surface area contributed by atoms with Gasteiger partial charge >= 0.3 is 0 Å². The summed E-state index contributed by atoms with van der Waals surface area (Å²) in [7, 11) is 0. The van der Waals surface area contributed by atoms with Crippen LogP contribution in [0.5, 0.6) is 0 Å². The summed E-state index contributed by atoms with van der Waals surface area (Å²) in [6, 6.07) is 8.04. The molecular formula is C18H29N3O. The van der Waals surface area contributed by atoms with Gasteiger partial charge in [-0.3, -0.25) is 9.69 Å². The molecule has 0 bridgehead atoms. The normalized spacial score (nSPS) is 15.7. The predicted molar refractivity (Wildman–Crippen MR) is 91.1 cm³/mol. The average Bonchev–Trinajstić information content (AvgIpc) is 2.56. The summed E-state index contributed by atoms with van der Waals surface area (Å²) in [5, 5.41) is 6.39. The minimum atomic E-state index is 0.0543. The molecule has 4 nitrogen and oxygen atoms in total. The SMILES string of the molecule is CCCCCCNC(=O)c1cccc(CN2CCNCC2)c1. The lowest BCUT2D eigenvalue weighted by Gasteiger charge is -2.27. The Morgan fingerprint density at radius 1 is 1.23 bits per heavy atom. The van der Waals surface area contributed by atoms with Crippen LogP contribution in [-0.2, 0) is 6.54 Å². The number of carbonyl (C=O) groups is 1. The maximum Gasteiger partial charge on any atom is 0.251 e. The second-order valence-corrected chi connectivity index (χ2v) is 6.04. The molecule has 1 saturated heterocycles. The zero-order valence-electron chi connectivity index (χ0n) is 13.7. The Bertz CT molecular complexity index is 455. The molecule has 1 aliphatic rings. The van der Waals surface area contributed by atoms with Gasteiger partial charge in [0, 0.05) is 44.8 Å². The van der Waals surface area contributed by atoms with Crippen LogP contribution in [0.4, 0.5) is 0 Å². The molecule has 1 amide bonds. The number of hydrogen-bond acceptors (Lipinski definition) is 3. The van der Waals surface area contributed by atoms with Gasteiger partial charge in [-0.2, -0.15) is 0 Å². The lowest BCUT2D eigenvalue weighted by atomic mass is 10.1. The number of benzene rings is 1. The van der Waals surface area contributed by atoms with Crippen molar-refractivity contribution in [2.24, 2.45) is 0 Å². The van der Waals surface area contributed by atoms with Gasteiger partial charge in [-0.15, -0.1) is 0 Å². The van der Waals surface area contributed by atoms with Crippen molar-refractivity contribution in [1.82, 2.24) is 15.5 Å². The maximum absolute atomic E-state index is 12.2. The van der Waals surface area contributed by atoms with E-state index in [2.05, 4.69) is 28.5 Å². The van der Waals surface area contributed by atoms with Crippen LogP contribution in [0, 0.1) is 0 Å². The lowest BCUT2D eigenvalue weighted by Crippen LogP contribution is -2.42. The monoisotopic (exact) mass is 303 g/mol. The minimum absolute atomic E-state index is 0.0543. The maximum atomic E-state index is 12.2. The van der Waals surface area contributed by atoms with E-state index in [1.165, 1.54) is 24.8 Å². The van der Waals surface area contributed by atoms with Gasteiger partial charge in [0.15, 0.2) is 0 Å². The number of amides is 1. The molecule has 1 heterocycles. The summed E-state index contributed by atoms with van der Waals surface area (Å²) < 4.78 is 0. The van der Waals surface area contributed by atoms with Gasteiger partial charge in [-0.05, 0) is 24.1 Å². The smallest absolute Gasteiger partial charge is 0.251 e. The van der Waals surface area contributed by atoms with E-state index in [0.29, 0.717) is 0 Å². The van der Waals surface area contributed by atoms with Crippen molar-refractivity contribution in [3.05, 3.63) is 35.4 Å². The second kappa shape index (κ2) is 9.59. The van der Waals surface area contributed by atoms with Gasteiger partial charge in [-0.25, -0.2) is 0 Å². The zero-order valence-corrected chi connectivity index (χ0v) is 13.7. The molecule has 0 radical (unpaired) electrons. The molecule has 0 aromatic heterocycles. The summed E-state index contributed by atoms with van der Waals surface area (Å²) in [5.74, 6) is 0.0543. The van der Waals surface area contributed by atoms with Crippen LogP contribution in [0.1, 0.15) is 48.5 Å². The minimum Gasteiger partial charge on any atom is -0.352 e. The van der Waals surface area contributed by atoms with E-state index in [-0.39, 0.29) is 5.91 Å². The molecule has 2 N–H and O–H groups in total. The Morgan fingerprint density at radius 2 is 2.05 bits per heavy atom. The fourth-order valence-corrected chi connectivity index (χ4v) is 2.79. The molecule has 2 rings (SSSR count). The largest absolute Gasteiger partial charge is 0.352 e. The quantitative estimate of drug-likeness (QED) is 0.725. The Balaban J connectivity index is 1.80. The number of hydrogen-bond donors (Lipinski definition) is 2. The average molecular weight is 303 g/mol. The summed E-state index contributed by atoms with van der Waals surface area (Å²) in [5.41, 5.74) is 2.00. The molecule has 1 aromatic rings. The molecule has 0 unspecified atom stereocenters. The molecular weight excluding hydrogens is 274 g/mol. The Hall–Kier alpha value is -1.39. The summed E-state index contributed by atoms with van der Waals surface area (Å²) >= 11 is 0. The highest BCUT2D eigenvalue weighted by Gasteiger charge is 2.11. The van der Waals surface area contributed by atoms with E-state index in [9.17, 15) is 4.79 Å². The molecule has 4 heteroatoms. The Labute approximate surface area is 134 Å². The van der Waals surface area contributed by atoms with E-state index in [0.717, 1.165) is 51.3 Å². The highest BCUT2D eigenvalue weighted by Crippen LogP contribution is 2.09. The predicted octanol–water partition coefficient (Wildman–Crippen LogP) is 2.40. The van der Waals surface area contributed by atoms with Crippen LogP contribution < -0.4 is 10.6 Å². The van der Waals surface area contributed by atoms with Crippen molar-refractivity contribution >= 4 is 5.91 Å². The van der Waals surface area contributed by atoms with Crippen molar-refractivity contribution in [3.63, 3.8) is 0 Å². The summed E-state index contributed by atoms with van der Waals surface area (Å²) in [6.45, 7) is 8.17. The van der Waals surface area contributed by atoms with E-state index < -0.39 is 0 Å². The molecule has 22 heavy (non-hydrogen) atoms. The molecule has 1 aliphatic heterocycles. The first-order valence-corrected chi connectivity index (χ1v) is 8.60. The zero-order chi connectivity index (χ0) is 15.6. The van der Waals surface area contributed by atoms with E-state index in [1.54, 1.807) is 0 Å². The molecule has 0 saturated carbocycles. The number of piperazine rings is 1. The third-order valence-corrected chi connectivity index (χ3v) is 4.12. The van der Waals surface area contributed by atoms with Crippen LogP contribution in [0.25, 0.3) is 0 Å². The van der Waals surface area contributed by atoms with Gasteiger partial charge in [-0.1, -0.05) is 38.3 Å². The number of nitrogens with zero attached hydrogens (tertiary/aromatic N) is 1. The van der Waals surface area contributed by atoms with Crippen LogP contribution >= 0.6 is 0 Å². The van der Waals surface area contributed by atoms with E-state index in [4.69, 9.17) is 0 Å². The molecule has 0 aliphatic carbocycles. The van der Waals surface area contributed by atoms with Gasteiger partial charge < -0.3 is 10.6 Å². The lowest BCUT2D eigenvalue weighted by molar-refractivity contribution is 0.0952. The molecule has 0 spiro atoms. The molecule has 122 valence electrons. The summed E-state index contributed by atoms with van der Waals surface area (Å²) in [6.07, 6.45) is 4.73. The molecule has 1 fully saturated rings. The van der Waals surface area contributed by atoms with Crippen molar-refractivity contribution < 1.29 is 4.79 Å². The second-order valence-electron chi connectivity index (χ2n) is 6.04. The van der Waals surface area contributed by atoms with Crippen LogP contribution in [-0.4, -0.2) is 43.5 Å². The number of carbonyl (C=O) groups excluding carboxylic acids is 1. The van der Waals surface area contributed by atoms with Crippen molar-refractivity contribution in [3.8, 4) is 0 Å². The number of rotatable bonds is 8. The summed E-state index contributed by atoms with van der Waals surface area (Å²) in [4.78, 5) is 14.6. The number of unbranched alkanes of at least 4 members (excludes halogenated alkanes) is 3. The van der Waals surface area contributed by atoms with Gasteiger partial charge in [0.25, 0.3) is 5.91 Å². The highest BCUT2D eigenvalue weighted by molar-refractivity contribution is 5.94. The fourth-order valence-electron chi connectivity index (χ4n) is 2.79. The standard InChI is InChI=1S/C18H29N3O/c1-2-3-4-5-9-20-18(22)17-8-6-7-16(14-17)15-21-12-10-19-11-13-21/h6-8,14,19H,2-5,9-13,15H2,1H3,(H,20,22). The van der Waals surface area contributed by atoms with Crippen LogP contribution in [0.2, 0.25) is 0 Å². The third-order valence-electron chi connectivity index (χ3n) is 4.12. The van der Waals surface area contributed by atoms with Crippen molar-refractivity contribution in [1.29, 1.82) is 0 Å². The van der Waals surface area contributed by atoms with Crippen LogP contribution in [0.15, 0.2) is 24.3 Å². The van der Waals surface area contributed by atoms with E-state index in [1.807, 2.05) is 18.2 Å². The van der Waals surface area contributed by atoms with Gasteiger partial charge in [0.2, 0.25) is 0 Å². The first-order chi connectivity index (χ1) is 10.8. The molecule has 0 atom stereocenters. The van der Waals surface area contributed by atoms with E-state index >= 15 is 0 Å². The first-order valence-electron chi connectivity index (χ1n) is 8.60. The fraction of sp³-hybridized carbons (Fsp3) is 0.611. The third kappa shape index (κ3) is 5.78. The Kier molecular flexibility index (Phi) is 7.40. The van der Waals surface area contributed by atoms with Gasteiger partial charge in [0.1, 0.15) is 0 Å². The van der Waals surface area contributed by atoms with Crippen LogP contribution in [0.3, 0.4) is 0 Å². The molecule has 1 aromatic carbocycles. The van der Waals surface area contributed by atoms with Crippen molar-refractivity contribution in [2.45, 2.75) is 39.2 Å². The highest BCUT2D eigenvalue weighted by atomic mass is 16.1. The topological polar surface area (TPSA) is 44.4 Å². The van der Waals surface area contributed by atoms with Gasteiger partial charge in [0.05, 0.1) is 0 Å². The number of nitrogens with one attached hydrogen (secondary N) is 2. The Morgan fingerprint density at radius 3 is 2.82 bits per heavy atom. The van der Waals surface area contributed by atoms with Crippen molar-refractivity contribution in [2.75, 3.05) is 32.7 Å².